The highest BCUT2D eigenvalue weighted by Crippen LogP contribution is 2.24. The van der Waals surface area contributed by atoms with Gasteiger partial charge in [-0.05, 0) is 18.2 Å². The van der Waals surface area contributed by atoms with Gasteiger partial charge in [0.15, 0.2) is 0 Å². The molecule has 0 N–H and O–H groups in total. The van der Waals surface area contributed by atoms with Crippen LogP contribution in [0.15, 0.2) is 11.5 Å². The van der Waals surface area contributed by atoms with Crippen LogP contribution in [-0.2, 0) is 0 Å². The van der Waals surface area contributed by atoms with Crippen LogP contribution in [-0.4, -0.2) is 5.75 Å². The molecule has 0 saturated carbocycles. The van der Waals surface area contributed by atoms with Crippen molar-refractivity contribution in [1.29, 1.82) is 0 Å². The van der Waals surface area contributed by atoms with E-state index in [1.54, 1.807) is 0 Å². The van der Waals surface area contributed by atoms with Gasteiger partial charge in [-0.2, -0.15) is 0 Å². The molecule has 0 heterocycles. The summed E-state index contributed by atoms with van der Waals surface area (Å²) in [5, 5.41) is 2.12. The minimum absolute atomic E-state index is 0.813. The lowest BCUT2D eigenvalue weighted by molar-refractivity contribution is 0.752. The molecule has 54 valence electrons. The monoisotopic (exact) mass is 162 g/mol. The first-order valence-corrected chi connectivity index (χ1v) is 5.55. The summed E-state index contributed by atoms with van der Waals surface area (Å²) in [6.45, 7) is 6.52. The van der Waals surface area contributed by atoms with Crippen molar-refractivity contribution in [3.8, 4) is 0 Å². The number of rotatable bonds is 4. The molecular formula is C7H14S2. The second kappa shape index (κ2) is 6.56. The third-order valence-electron chi connectivity index (χ3n) is 0.661. The average molecular weight is 162 g/mol. The van der Waals surface area contributed by atoms with Crippen LogP contribution in [0.5, 0.6) is 0 Å². The van der Waals surface area contributed by atoms with Gasteiger partial charge in [0.05, 0.1) is 0 Å². The zero-order valence-corrected chi connectivity index (χ0v) is 7.89. The number of hydrogen-bond donors (Lipinski definition) is 0. The largest absolute Gasteiger partial charge is 0.0893 e. The van der Waals surface area contributed by atoms with Crippen molar-refractivity contribution >= 4 is 21.6 Å². The quantitative estimate of drug-likeness (QED) is 0.458. The molecule has 0 unspecified atom stereocenters. The van der Waals surface area contributed by atoms with Gasteiger partial charge in [-0.1, -0.05) is 41.5 Å². The summed E-state index contributed by atoms with van der Waals surface area (Å²) in [5.74, 6) is 2.06. The normalized spacial score (nSPS) is 11.6. The van der Waals surface area contributed by atoms with Gasteiger partial charge in [-0.15, -0.1) is 0 Å². The van der Waals surface area contributed by atoms with Gasteiger partial charge >= 0.3 is 0 Å². The van der Waals surface area contributed by atoms with Crippen molar-refractivity contribution < 1.29 is 0 Å². The molecule has 0 amide bonds. The molecule has 0 saturated heterocycles. The van der Waals surface area contributed by atoms with Crippen LogP contribution in [0.1, 0.15) is 20.8 Å². The molecule has 0 atom stereocenters. The molecule has 0 aromatic rings. The molecule has 2 heteroatoms. The van der Waals surface area contributed by atoms with Gasteiger partial charge in [0.2, 0.25) is 0 Å². The topological polar surface area (TPSA) is 0 Å². The Kier molecular flexibility index (Phi) is 6.88. The fourth-order valence-electron chi connectivity index (χ4n) is 0.270. The van der Waals surface area contributed by atoms with Crippen molar-refractivity contribution in [2.45, 2.75) is 20.8 Å². The van der Waals surface area contributed by atoms with Gasteiger partial charge in [-0.3, -0.25) is 0 Å². The zero-order chi connectivity index (χ0) is 7.11. The van der Waals surface area contributed by atoms with E-state index in [0.717, 1.165) is 5.92 Å². The maximum absolute atomic E-state index is 2.24. The van der Waals surface area contributed by atoms with Crippen LogP contribution in [0.2, 0.25) is 0 Å². The third kappa shape index (κ3) is 8.44. The van der Waals surface area contributed by atoms with Gasteiger partial charge in [0.1, 0.15) is 0 Å². The van der Waals surface area contributed by atoms with Gasteiger partial charge < -0.3 is 0 Å². The highest BCUT2D eigenvalue weighted by molar-refractivity contribution is 8.77. The standard InChI is InChI=1S/C7H14S2/c1-4-5-8-9-6-7(2)3/h4-5,7H,6H2,1-3H3. The molecule has 0 aliphatic carbocycles. The van der Waals surface area contributed by atoms with Crippen LogP contribution >= 0.6 is 21.6 Å². The summed E-state index contributed by atoms with van der Waals surface area (Å²) in [6.07, 6.45) is 2.07. The minimum atomic E-state index is 0.813. The van der Waals surface area contributed by atoms with Crippen molar-refractivity contribution in [3.63, 3.8) is 0 Å². The van der Waals surface area contributed by atoms with Crippen molar-refractivity contribution in [3.05, 3.63) is 11.5 Å². The molecular weight excluding hydrogens is 148 g/mol. The molecule has 0 radical (unpaired) electrons. The molecule has 0 spiro atoms. The maximum Gasteiger partial charge on any atom is 0.00632 e. The van der Waals surface area contributed by atoms with E-state index in [4.69, 9.17) is 0 Å². The lowest BCUT2D eigenvalue weighted by Gasteiger charge is -1.98. The molecule has 0 bridgehead atoms. The summed E-state index contributed by atoms with van der Waals surface area (Å²) in [5.41, 5.74) is 0. The molecule has 0 aromatic heterocycles. The predicted octanol–water partition coefficient (Wildman–Crippen LogP) is 3.56. The van der Waals surface area contributed by atoms with E-state index >= 15 is 0 Å². The summed E-state index contributed by atoms with van der Waals surface area (Å²) < 4.78 is 0. The molecule has 0 aromatic carbocycles. The summed E-state index contributed by atoms with van der Waals surface area (Å²) in [4.78, 5) is 0. The summed E-state index contributed by atoms with van der Waals surface area (Å²) >= 11 is 0. The van der Waals surface area contributed by atoms with E-state index in [9.17, 15) is 0 Å². The Morgan fingerprint density at radius 1 is 1.44 bits per heavy atom. The molecule has 0 nitrogen and oxygen atoms in total. The predicted molar refractivity (Wildman–Crippen MR) is 49.7 cm³/mol. The highest BCUT2D eigenvalue weighted by atomic mass is 33.1. The molecule has 0 aliphatic heterocycles. The highest BCUT2D eigenvalue weighted by Gasteiger charge is 1.90. The molecule has 9 heavy (non-hydrogen) atoms. The second-order valence-electron chi connectivity index (χ2n) is 2.24. The smallest absolute Gasteiger partial charge is 0.00632 e. The second-order valence-corrected chi connectivity index (χ2v) is 4.56. The Labute approximate surface area is 65.9 Å². The Bertz CT molecular complexity index is 77.0. The van der Waals surface area contributed by atoms with E-state index in [0.29, 0.717) is 0 Å². The first kappa shape index (κ1) is 9.44. The lowest BCUT2D eigenvalue weighted by Crippen LogP contribution is -1.86. The lowest BCUT2D eigenvalue weighted by atomic mass is 10.3. The maximum atomic E-state index is 2.24. The van der Waals surface area contributed by atoms with Crippen LogP contribution in [0.4, 0.5) is 0 Å². The first-order chi connectivity index (χ1) is 4.27. The van der Waals surface area contributed by atoms with Crippen molar-refractivity contribution in [1.82, 2.24) is 0 Å². The van der Waals surface area contributed by atoms with E-state index in [2.05, 4.69) is 25.3 Å². The SMILES string of the molecule is CC=CSSCC(C)C. The van der Waals surface area contributed by atoms with Crippen LogP contribution in [0.3, 0.4) is 0 Å². The average Bonchev–Trinajstić information content (AvgIpc) is 1.80. The van der Waals surface area contributed by atoms with E-state index < -0.39 is 0 Å². The molecule has 0 rings (SSSR count). The Balaban J connectivity index is 2.91. The summed E-state index contributed by atoms with van der Waals surface area (Å²) in [6, 6.07) is 0. The van der Waals surface area contributed by atoms with E-state index in [1.807, 2.05) is 28.5 Å². The Hall–Kier alpha value is 0.440. The van der Waals surface area contributed by atoms with Crippen LogP contribution in [0.25, 0.3) is 0 Å². The van der Waals surface area contributed by atoms with Gasteiger partial charge in [0.25, 0.3) is 0 Å². The van der Waals surface area contributed by atoms with E-state index in [-0.39, 0.29) is 0 Å². The zero-order valence-electron chi connectivity index (χ0n) is 6.26. The Morgan fingerprint density at radius 2 is 2.11 bits per heavy atom. The summed E-state index contributed by atoms with van der Waals surface area (Å²) in [7, 11) is 3.73. The fraction of sp³-hybridized carbons (Fsp3) is 0.714. The van der Waals surface area contributed by atoms with Crippen molar-refractivity contribution in [2.75, 3.05) is 5.75 Å². The van der Waals surface area contributed by atoms with Gasteiger partial charge in [-0.25, -0.2) is 0 Å². The van der Waals surface area contributed by atoms with Crippen LogP contribution < -0.4 is 0 Å². The first-order valence-electron chi connectivity index (χ1n) is 3.16. The molecule has 0 aliphatic rings. The third-order valence-corrected chi connectivity index (χ3v) is 3.13. The number of allylic oxidation sites excluding steroid dienone is 1. The van der Waals surface area contributed by atoms with Gasteiger partial charge in [0, 0.05) is 5.75 Å². The van der Waals surface area contributed by atoms with Crippen LogP contribution in [0, 0.1) is 5.92 Å². The minimum Gasteiger partial charge on any atom is -0.0893 e. The van der Waals surface area contributed by atoms with Crippen molar-refractivity contribution in [2.24, 2.45) is 5.92 Å². The molecule has 0 fully saturated rings. The van der Waals surface area contributed by atoms with E-state index in [1.165, 1.54) is 5.75 Å². The fourth-order valence-corrected chi connectivity index (χ4v) is 2.43. The Morgan fingerprint density at radius 3 is 2.56 bits per heavy atom. The number of hydrogen-bond acceptors (Lipinski definition) is 2.